The van der Waals surface area contributed by atoms with Crippen LogP contribution in [0.2, 0.25) is 0 Å². The van der Waals surface area contributed by atoms with Gasteiger partial charge >= 0.3 is 0 Å². The molecule has 0 spiro atoms. The molecule has 3 heterocycles. The van der Waals surface area contributed by atoms with Gasteiger partial charge in [-0.2, -0.15) is 0 Å². The monoisotopic (exact) mass is 835 g/mol. The van der Waals surface area contributed by atoms with Crippen LogP contribution in [0.25, 0.3) is 33.6 Å². The Morgan fingerprint density at radius 2 is 1.72 bits per heavy atom. The molecule has 58 heavy (non-hydrogen) atoms. The standard InChI is InChI=1S/C41H46ClN5O10S/c1-22(42)30-19-43-31-17-32(56-41-39(52)38(51)37(50)34(21-48)57-41)29-16-23(4-13-28(29)36(30)31)18-44-35(49)14-15-46-58(53,54)27-11-7-25(8-12-27)40-45-20-33(55-40)24-5-9-26(10-6-24)47(2)3/h4-13,16-17,20,22,30,34,37-39,41,43,46,48,50-52H,14-15,18-19,21H2,1-3H3,(H,44,49). The van der Waals surface area contributed by atoms with Crippen LogP contribution < -0.4 is 25.0 Å². The molecular weight excluding hydrogens is 790 g/mol. The van der Waals surface area contributed by atoms with Gasteiger partial charge < -0.3 is 49.9 Å². The Morgan fingerprint density at radius 1 is 1.00 bits per heavy atom. The van der Waals surface area contributed by atoms with Crippen molar-refractivity contribution < 1.29 is 47.5 Å². The molecule has 1 saturated heterocycles. The number of alkyl halides is 1. The van der Waals surface area contributed by atoms with E-state index in [1.807, 2.05) is 68.4 Å². The molecule has 1 fully saturated rings. The number of carbonyl (C=O) groups is 1. The molecule has 0 saturated carbocycles. The first-order valence-electron chi connectivity index (χ1n) is 18.8. The number of sulfonamides is 1. The van der Waals surface area contributed by atoms with E-state index in [1.54, 1.807) is 24.4 Å². The van der Waals surface area contributed by atoms with E-state index < -0.39 is 47.3 Å². The number of aliphatic hydroxyl groups excluding tert-OH is 4. The number of fused-ring (bicyclic) bond motifs is 3. The molecule has 308 valence electrons. The molecule has 7 atom stereocenters. The average Bonchev–Trinajstić information content (AvgIpc) is 3.89. The molecular formula is C41H46ClN5O10S. The SMILES string of the molecule is CC(Cl)C1CNc2cc(OC3OC(CO)C(O)C(O)C3O)c3cc(CNC(=O)CCNS(=O)(=O)c4ccc(-c5ncc(-c6ccc(N(C)C)cc6)o5)cc4)ccc3c21. The molecule has 1 aromatic heterocycles. The number of anilines is 2. The summed E-state index contributed by atoms with van der Waals surface area (Å²) in [5.41, 5.74) is 4.96. The molecule has 4 aromatic carbocycles. The van der Waals surface area contributed by atoms with E-state index in [1.165, 1.54) is 12.1 Å². The number of halogens is 1. The first-order chi connectivity index (χ1) is 27.7. The van der Waals surface area contributed by atoms with Crippen LogP contribution in [-0.4, -0.2) is 110 Å². The van der Waals surface area contributed by atoms with Gasteiger partial charge in [0.2, 0.25) is 28.1 Å². The first-order valence-corrected chi connectivity index (χ1v) is 20.7. The Hall–Kier alpha value is -4.78. The number of ether oxygens (including phenoxy) is 2. The van der Waals surface area contributed by atoms with Crippen molar-refractivity contribution in [2.24, 2.45) is 0 Å². The summed E-state index contributed by atoms with van der Waals surface area (Å²) in [6.07, 6.45) is -5.85. The van der Waals surface area contributed by atoms with Crippen LogP contribution in [0.4, 0.5) is 11.4 Å². The fourth-order valence-corrected chi connectivity index (χ4v) is 8.38. The van der Waals surface area contributed by atoms with E-state index in [9.17, 15) is 33.6 Å². The van der Waals surface area contributed by atoms with Gasteiger partial charge in [-0.3, -0.25) is 4.79 Å². The Balaban J connectivity index is 0.980. The molecule has 15 nitrogen and oxygen atoms in total. The summed E-state index contributed by atoms with van der Waals surface area (Å²) in [4.78, 5) is 19.3. The van der Waals surface area contributed by atoms with Gasteiger partial charge in [0.25, 0.3) is 0 Å². The van der Waals surface area contributed by atoms with E-state index in [-0.39, 0.29) is 41.6 Å². The molecule has 2 aliphatic heterocycles. The topological polar surface area (TPSA) is 216 Å². The highest BCUT2D eigenvalue weighted by atomic mass is 35.5. The Morgan fingerprint density at radius 3 is 2.41 bits per heavy atom. The predicted molar refractivity (Wildman–Crippen MR) is 218 cm³/mol. The fourth-order valence-electron chi connectivity index (χ4n) is 7.13. The van der Waals surface area contributed by atoms with Crippen LogP contribution in [0.3, 0.4) is 0 Å². The number of rotatable bonds is 14. The second-order valence-electron chi connectivity index (χ2n) is 14.6. The van der Waals surface area contributed by atoms with Gasteiger partial charge in [0, 0.05) is 85.4 Å². The molecule has 5 aromatic rings. The zero-order valence-corrected chi connectivity index (χ0v) is 33.6. The molecule has 7 unspecified atom stereocenters. The number of aliphatic hydroxyl groups is 4. The number of hydrogen-bond acceptors (Lipinski definition) is 13. The Kier molecular flexibility index (Phi) is 12.3. The molecule has 17 heteroatoms. The smallest absolute Gasteiger partial charge is 0.240 e. The Bertz CT molecular complexity index is 2360. The molecule has 7 N–H and O–H groups in total. The van der Waals surface area contributed by atoms with E-state index in [4.69, 9.17) is 25.5 Å². The van der Waals surface area contributed by atoms with Crippen molar-refractivity contribution in [1.82, 2.24) is 15.0 Å². The predicted octanol–water partition coefficient (Wildman–Crippen LogP) is 3.53. The maximum atomic E-state index is 13.1. The lowest BCUT2D eigenvalue weighted by Gasteiger charge is -2.39. The summed E-state index contributed by atoms with van der Waals surface area (Å²) in [5, 5.41) is 48.4. The van der Waals surface area contributed by atoms with Crippen LogP contribution in [-0.2, 0) is 26.1 Å². The summed E-state index contributed by atoms with van der Waals surface area (Å²) in [5.74, 6) is 0.811. The van der Waals surface area contributed by atoms with Crippen LogP contribution in [0, 0.1) is 0 Å². The third-order valence-electron chi connectivity index (χ3n) is 10.5. The van der Waals surface area contributed by atoms with Gasteiger partial charge in [0.1, 0.15) is 30.2 Å². The van der Waals surface area contributed by atoms with Crippen molar-refractivity contribution in [3.63, 3.8) is 0 Å². The number of hydrogen-bond donors (Lipinski definition) is 7. The van der Waals surface area contributed by atoms with Gasteiger partial charge in [-0.25, -0.2) is 18.1 Å². The highest BCUT2D eigenvalue weighted by molar-refractivity contribution is 7.89. The van der Waals surface area contributed by atoms with E-state index in [0.29, 0.717) is 40.5 Å². The van der Waals surface area contributed by atoms with Crippen LogP contribution in [0.1, 0.15) is 30.4 Å². The molecule has 2 aliphatic rings. The summed E-state index contributed by atoms with van der Waals surface area (Å²) in [6.45, 7) is 1.86. The first kappa shape index (κ1) is 41.4. The second-order valence-corrected chi connectivity index (χ2v) is 17.1. The molecule has 7 rings (SSSR count). The average molecular weight is 836 g/mol. The fraction of sp³-hybridized carbons (Fsp3) is 0.366. The minimum atomic E-state index is -3.93. The number of nitrogens with one attached hydrogen (secondary N) is 3. The summed E-state index contributed by atoms with van der Waals surface area (Å²) in [7, 11) is -0.00706. The highest BCUT2D eigenvalue weighted by Gasteiger charge is 2.45. The molecule has 0 radical (unpaired) electrons. The number of carbonyl (C=O) groups excluding carboxylic acids is 1. The van der Waals surface area contributed by atoms with Crippen molar-refractivity contribution in [1.29, 1.82) is 0 Å². The summed E-state index contributed by atoms with van der Waals surface area (Å²) < 4.78 is 46.3. The number of oxazole rings is 1. The number of amides is 1. The van der Waals surface area contributed by atoms with Crippen molar-refractivity contribution >= 4 is 49.7 Å². The highest BCUT2D eigenvalue weighted by Crippen LogP contribution is 2.45. The lowest BCUT2D eigenvalue weighted by atomic mass is 9.91. The van der Waals surface area contributed by atoms with Gasteiger partial charge in [0.15, 0.2) is 5.76 Å². The largest absolute Gasteiger partial charge is 0.461 e. The van der Waals surface area contributed by atoms with Crippen LogP contribution in [0.15, 0.2) is 88.3 Å². The molecule has 0 bridgehead atoms. The minimum Gasteiger partial charge on any atom is -0.461 e. The van der Waals surface area contributed by atoms with E-state index in [0.717, 1.165) is 27.9 Å². The molecule has 1 amide bonds. The zero-order chi connectivity index (χ0) is 41.3. The number of nitrogens with zero attached hydrogens (tertiary/aromatic N) is 2. The van der Waals surface area contributed by atoms with E-state index in [2.05, 4.69) is 20.3 Å². The van der Waals surface area contributed by atoms with Crippen LogP contribution in [0.5, 0.6) is 5.75 Å². The van der Waals surface area contributed by atoms with Crippen LogP contribution >= 0.6 is 11.6 Å². The van der Waals surface area contributed by atoms with Crippen molar-refractivity contribution in [3.8, 4) is 28.5 Å². The maximum Gasteiger partial charge on any atom is 0.240 e. The van der Waals surface area contributed by atoms with Gasteiger partial charge in [-0.15, -0.1) is 11.6 Å². The third kappa shape index (κ3) is 8.65. The lowest BCUT2D eigenvalue weighted by Crippen LogP contribution is -2.60. The quantitative estimate of drug-likeness (QED) is 0.0799. The maximum absolute atomic E-state index is 13.1. The van der Waals surface area contributed by atoms with Gasteiger partial charge in [-0.1, -0.05) is 12.1 Å². The second kappa shape index (κ2) is 17.2. The van der Waals surface area contributed by atoms with Crippen molar-refractivity contribution in [3.05, 3.63) is 90.1 Å². The minimum absolute atomic E-state index is 0.0214. The van der Waals surface area contributed by atoms with Crippen molar-refractivity contribution in [2.45, 2.75) is 66.8 Å². The molecule has 0 aliphatic carbocycles. The third-order valence-corrected chi connectivity index (χ3v) is 12.2. The Labute approximate surface area is 340 Å². The van der Waals surface area contributed by atoms with Crippen molar-refractivity contribution in [2.75, 3.05) is 44.0 Å². The lowest BCUT2D eigenvalue weighted by molar-refractivity contribution is -0.277. The zero-order valence-electron chi connectivity index (χ0n) is 32.0. The van der Waals surface area contributed by atoms with Gasteiger partial charge in [0.05, 0.1) is 17.7 Å². The van der Waals surface area contributed by atoms with E-state index >= 15 is 0 Å². The normalized spacial score (nSPS) is 22.3. The number of benzene rings is 4. The van der Waals surface area contributed by atoms with Gasteiger partial charge in [-0.05, 0) is 78.0 Å². The summed E-state index contributed by atoms with van der Waals surface area (Å²) >= 11 is 6.57. The number of aromatic nitrogens is 1. The summed E-state index contributed by atoms with van der Waals surface area (Å²) in [6, 6.07) is 21.2.